The van der Waals surface area contributed by atoms with Gasteiger partial charge in [-0.2, -0.15) is 22.3 Å². The molecule has 1 fully saturated rings. The first-order valence-corrected chi connectivity index (χ1v) is 8.39. The molecule has 0 aromatic rings. The number of hydrogen-bond acceptors (Lipinski definition) is 3. The number of piperidine rings is 1. The van der Waals surface area contributed by atoms with Crippen LogP contribution in [0.4, 0.5) is 0 Å². The summed E-state index contributed by atoms with van der Waals surface area (Å²) < 4.78 is 28.2. The summed E-state index contributed by atoms with van der Waals surface area (Å²) in [6.07, 6.45) is 2.09. The molecule has 1 aliphatic heterocycles. The van der Waals surface area contributed by atoms with Crippen molar-refractivity contribution in [1.82, 2.24) is 8.61 Å². The lowest BCUT2D eigenvalue weighted by atomic mass is 10.0. The van der Waals surface area contributed by atoms with Gasteiger partial charge in [-0.05, 0) is 24.7 Å². The van der Waals surface area contributed by atoms with E-state index in [2.05, 4.69) is 6.92 Å². The zero-order valence-electron chi connectivity index (χ0n) is 12.2. The van der Waals surface area contributed by atoms with Gasteiger partial charge in [-0.15, -0.1) is 0 Å². The largest absolute Gasteiger partial charge is 0.282 e. The van der Waals surface area contributed by atoms with Gasteiger partial charge in [0.15, 0.2) is 0 Å². The Morgan fingerprint density at radius 1 is 1.37 bits per heavy atom. The van der Waals surface area contributed by atoms with Crippen molar-refractivity contribution in [1.29, 1.82) is 5.26 Å². The number of rotatable bonds is 6. The molecule has 0 saturated carbocycles. The highest BCUT2D eigenvalue weighted by molar-refractivity contribution is 7.86. The van der Waals surface area contributed by atoms with Gasteiger partial charge >= 0.3 is 0 Å². The Hall–Kier alpha value is -0.640. The molecule has 0 spiro atoms. The van der Waals surface area contributed by atoms with Crippen LogP contribution in [0.1, 0.15) is 40.0 Å². The van der Waals surface area contributed by atoms with Gasteiger partial charge in [0.2, 0.25) is 0 Å². The number of nitriles is 1. The monoisotopic (exact) mass is 287 g/mol. The second-order valence-electron chi connectivity index (χ2n) is 5.75. The predicted octanol–water partition coefficient (Wildman–Crippen LogP) is 1.83. The van der Waals surface area contributed by atoms with Crippen LogP contribution in [0.15, 0.2) is 0 Å². The van der Waals surface area contributed by atoms with Crippen LogP contribution in [-0.2, 0) is 10.2 Å². The summed E-state index contributed by atoms with van der Waals surface area (Å²) in [4.78, 5) is 0. The maximum atomic E-state index is 12.6. The second kappa shape index (κ2) is 7.22. The maximum Gasteiger partial charge on any atom is 0.282 e. The van der Waals surface area contributed by atoms with E-state index in [0.717, 1.165) is 12.8 Å². The van der Waals surface area contributed by atoms with Crippen LogP contribution in [0.2, 0.25) is 0 Å². The molecule has 1 rings (SSSR count). The lowest BCUT2D eigenvalue weighted by Crippen LogP contribution is -2.48. The third-order valence-corrected chi connectivity index (χ3v) is 5.44. The lowest BCUT2D eigenvalue weighted by molar-refractivity contribution is 0.258. The normalized spacial score (nSPS) is 18.9. The summed E-state index contributed by atoms with van der Waals surface area (Å²) in [5.41, 5.74) is 0. The zero-order chi connectivity index (χ0) is 14.5. The fourth-order valence-electron chi connectivity index (χ4n) is 2.26. The quantitative estimate of drug-likeness (QED) is 0.748. The molecule has 1 aliphatic rings. The summed E-state index contributed by atoms with van der Waals surface area (Å²) in [5.74, 6) is 0.862. The van der Waals surface area contributed by atoms with E-state index >= 15 is 0 Å². The Morgan fingerprint density at radius 3 is 2.42 bits per heavy atom. The Morgan fingerprint density at radius 2 is 1.95 bits per heavy atom. The predicted molar refractivity (Wildman–Crippen MR) is 75.5 cm³/mol. The summed E-state index contributed by atoms with van der Waals surface area (Å²) >= 11 is 0. The molecule has 0 amide bonds. The molecule has 19 heavy (non-hydrogen) atoms. The SMILES string of the molecule is CC(C)CN(CCC#N)S(=O)(=O)N1CCC(C)CC1. The molecule has 0 aromatic heterocycles. The van der Waals surface area contributed by atoms with Crippen molar-refractivity contribution in [2.45, 2.75) is 40.0 Å². The highest BCUT2D eigenvalue weighted by atomic mass is 32.2. The molecule has 6 heteroatoms. The summed E-state index contributed by atoms with van der Waals surface area (Å²) in [5, 5.41) is 8.67. The average molecular weight is 287 g/mol. The molecular weight excluding hydrogens is 262 g/mol. The van der Waals surface area contributed by atoms with Crippen LogP contribution in [0.5, 0.6) is 0 Å². The van der Waals surface area contributed by atoms with Crippen molar-refractivity contribution in [2.75, 3.05) is 26.2 Å². The fraction of sp³-hybridized carbons (Fsp3) is 0.923. The lowest BCUT2D eigenvalue weighted by Gasteiger charge is -2.34. The smallest absolute Gasteiger partial charge is 0.198 e. The first-order chi connectivity index (χ1) is 8.87. The van der Waals surface area contributed by atoms with E-state index in [1.807, 2.05) is 19.9 Å². The van der Waals surface area contributed by atoms with Gasteiger partial charge in [0.25, 0.3) is 10.2 Å². The van der Waals surface area contributed by atoms with E-state index < -0.39 is 10.2 Å². The Bertz CT molecular complexity index is 406. The van der Waals surface area contributed by atoms with Crippen molar-refractivity contribution >= 4 is 10.2 Å². The first-order valence-electron chi connectivity index (χ1n) is 7.00. The number of nitrogens with zero attached hydrogens (tertiary/aromatic N) is 3. The second-order valence-corrected chi connectivity index (χ2v) is 7.68. The van der Waals surface area contributed by atoms with Crippen LogP contribution in [0, 0.1) is 23.2 Å². The van der Waals surface area contributed by atoms with Gasteiger partial charge in [0.05, 0.1) is 6.07 Å². The van der Waals surface area contributed by atoms with E-state index in [0.29, 0.717) is 32.1 Å². The zero-order valence-corrected chi connectivity index (χ0v) is 13.0. The maximum absolute atomic E-state index is 12.6. The highest BCUT2D eigenvalue weighted by Crippen LogP contribution is 2.21. The average Bonchev–Trinajstić information content (AvgIpc) is 2.34. The van der Waals surface area contributed by atoms with Gasteiger partial charge in [-0.1, -0.05) is 20.8 Å². The highest BCUT2D eigenvalue weighted by Gasteiger charge is 2.31. The van der Waals surface area contributed by atoms with Gasteiger partial charge in [0, 0.05) is 32.6 Å². The fourth-order valence-corrected chi connectivity index (χ4v) is 4.07. The van der Waals surface area contributed by atoms with Gasteiger partial charge < -0.3 is 0 Å². The number of hydrogen-bond donors (Lipinski definition) is 0. The van der Waals surface area contributed by atoms with Crippen LogP contribution < -0.4 is 0 Å². The van der Waals surface area contributed by atoms with E-state index in [1.165, 1.54) is 4.31 Å². The Kier molecular flexibility index (Phi) is 6.24. The minimum atomic E-state index is -3.40. The van der Waals surface area contributed by atoms with Crippen LogP contribution in [0.3, 0.4) is 0 Å². The van der Waals surface area contributed by atoms with Crippen molar-refractivity contribution in [3.05, 3.63) is 0 Å². The molecule has 1 heterocycles. The van der Waals surface area contributed by atoms with Crippen molar-refractivity contribution in [3.8, 4) is 6.07 Å². The first kappa shape index (κ1) is 16.4. The molecule has 0 radical (unpaired) electrons. The van der Waals surface area contributed by atoms with Crippen molar-refractivity contribution < 1.29 is 8.42 Å². The van der Waals surface area contributed by atoms with Gasteiger partial charge in [-0.25, -0.2) is 0 Å². The summed E-state index contributed by atoms with van der Waals surface area (Å²) in [6.45, 7) is 8.13. The van der Waals surface area contributed by atoms with Crippen molar-refractivity contribution in [3.63, 3.8) is 0 Å². The van der Waals surface area contributed by atoms with Gasteiger partial charge in [-0.3, -0.25) is 0 Å². The van der Waals surface area contributed by atoms with Crippen LogP contribution >= 0.6 is 0 Å². The van der Waals surface area contributed by atoms with E-state index in [-0.39, 0.29) is 12.3 Å². The summed E-state index contributed by atoms with van der Waals surface area (Å²) in [6, 6.07) is 2.03. The topological polar surface area (TPSA) is 64.4 Å². The molecule has 1 saturated heterocycles. The Labute approximate surface area is 117 Å². The molecule has 0 unspecified atom stereocenters. The molecule has 0 N–H and O–H groups in total. The molecule has 5 nitrogen and oxygen atoms in total. The molecule has 0 aliphatic carbocycles. The minimum absolute atomic E-state index is 0.246. The molecule has 0 aromatic carbocycles. The minimum Gasteiger partial charge on any atom is -0.198 e. The van der Waals surface area contributed by atoms with E-state index in [1.54, 1.807) is 4.31 Å². The van der Waals surface area contributed by atoms with Crippen molar-refractivity contribution in [2.24, 2.45) is 11.8 Å². The molecule has 110 valence electrons. The summed E-state index contributed by atoms with van der Waals surface area (Å²) in [7, 11) is -3.40. The standard InChI is InChI=1S/C13H25N3O2S/c1-12(2)11-16(8-4-7-14)19(17,18)15-9-5-13(3)6-10-15/h12-13H,4-6,8-11H2,1-3H3. The molecule has 0 atom stereocenters. The molecule has 0 bridgehead atoms. The third kappa shape index (κ3) is 4.75. The van der Waals surface area contributed by atoms with E-state index in [9.17, 15) is 8.42 Å². The van der Waals surface area contributed by atoms with E-state index in [4.69, 9.17) is 5.26 Å². The Balaban J connectivity index is 2.77. The van der Waals surface area contributed by atoms with Gasteiger partial charge in [0.1, 0.15) is 0 Å². The molecular formula is C13H25N3O2S. The van der Waals surface area contributed by atoms with Crippen LogP contribution in [0.25, 0.3) is 0 Å². The van der Waals surface area contributed by atoms with Crippen LogP contribution in [-0.4, -0.2) is 43.2 Å². The third-order valence-electron chi connectivity index (χ3n) is 3.44.